The summed E-state index contributed by atoms with van der Waals surface area (Å²) in [6.07, 6.45) is 1.10. The zero-order valence-electron chi connectivity index (χ0n) is 10.4. The van der Waals surface area contributed by atoms with Gasteiger partial charge in [-0.25, -0.2) is 0 Å². The first-order valence-corrected chi connectivity index (χ1v) is 7.28. The lowest BCUT2D eigenvalue weighted by Gasteiger charge is -2.03. The number of ketones is 1. The Bertz CT molecular complexity index is 546. The molecule has 0 amide bonds. The zero-order chi connectivity index (χ0) is 13.1. The monoisotopic (exact) mass is 282 g/mol. The summed E-state index contributed by atoms with van der Waals surface area (Å²) in [7, 11) is 0. The van der Waals surface area contributed by atoms with Gasteiger partial charge >= 0.3 is 0 Å². The lowest BCUT2D eigenvalue weighted by molar-refractivity contribution is 0.0991. The number of aromatic nitrogens is 2. The third-order valence-corrected chi connectivity index (χ3v) is 3.98. The number of Topliss-reactive ketones (excluding diaryl/α,β-unsaturated/α-hetero) is 1. The molecule has 0 N–H and O–H groups in total. The normalized spacial score (nSPS) is 10.8. The van der Waals surface area contributed by atoms with Crippen LogP contribution in [0.4, 0.5) is 0 Å². The molecule has 0 aromatic carbocycles. The second-order valence-corrected chi connectivity index (χ2v) is 5.15. The fraction of sp³-hybridized carbons (Fsp3) is 0.385. The molecule has 0 aliphatic rings. The summed E-state index contributed by atoms with van der Waals surface area (Å²) >= 11 is 7.81. The van der Waals surface area contributed by atoms with Crippen molar-refractivity contribution < 1.29 is 4.79 Å². The summed E-state index contributed by atoms with van der Waals surface area (Å²) in [6, 6.07) is 1.84. The summed E-state index contributed by atoms with van der Waals surface area (Å²) in [5.74, 6) is 0.0930. The molecule has 0 spiro atoms. The zero-order valence-corrected chi connectivity index (χ0v) is 12.0. The number of thiophene rings is 1. The molecule has 2 heterocycles. The van der Waals surface area contributed by atoms with Crippen LogP contribution >= 0.6 is 22.9 Å². The van der Waals surface area contributed by atoms with Crippen molar-refractivity contribution in [3.05, 3.63) is 38.8 Å². The Morgan fingerprint density at radius 2 is 2.28 bits per heavy atom. The van der Waals surface area contributed by atoms with Crippen LogP contribution in [0.1, 0.15) is 35.6 Å². The fourth-order valence-electron chi connectivity index (χ4n) is 1.86. The lowest BCUT2D eigenvalue weighted by atomic mass is 10.1. The SMILES string of the molecule is CCc1nn(CC)c(CC(=O)c2ccsc2)c1Cl. The maximum atomic E-state index is 12.1. The maximum absolute atomic E-state index is 12.1. The Kier molecular flexibility index (Phi) is 4.19. The molecule has 0 radical (unpaired) electrons. The first-order chi connectivity index (χ1) is 8.67. The molecule has 5 heteroatoms. The second kappa shape index (κ2) is 5.67. The molecule has 2 aromatic heterocycles. The fourth-order valence-corrected chi connectivity index (χ4v) is 2.86. The number of nitrogens with zero attached hydrogens (tertiary/aromatic N) is 2. The molecule has 0 bridgehead atoms. The van der Waals surface area contributed by atoms with Gasteiger partial charge in [0.1, 0.15) is 0 Å². The number of aryl methyl sites for hydroxylation is 2. The van der Waals surface area contributed by atoms with Gasteiger partial charge in [0.2, 0.25) is 0 Å². The van der Waals surface area contributed by atoms with Crippen molar-refractivity contribution >= 4 is 28.7 Å². The molecule has 18 heavy (non-hydrogen) atoms. The number of rotatable bonds is 5. The lowest BCUT2D eigenvalue weighted by Crippen LogP contribution is -2.09. The van der Waals surface area contributed by atoms with Gasteiger partial charge in [-0.1, -0.05) is 18.5 Å². The van der Waals surface area contributed by atoms with E-state index in [2.05, 4.69) is 5.10 Å². The number of halogens is 1. The quantitative estimate of drug-likeness (QED) is 0.785. The highest BCUT2D eigenvalue weighted by molar-refractivity contribution is 7.08. The highest BCUT2D eigenvalue weighted by atomic mass is 35.5. The van der Waals surface area contributed by atoms with E-state index < -0.39 is 0 Å². The van der Waals surface area contributed by atoms with Crippen LogP contribution in [0.15, 0.2) is 16.8 Å². The van der Waals surface area contributed by atoms with Crippen molar-refractivity contribution in [3.63, 3.8) is 0 Å². The molecule has 2 aromatic rings. The Hall–Kier alpha value is -1.13. The van der Waals surface area contributed by atoms with E-state index in [0.717, 1.165) is 29.9 Å². The van der Waals surface area contributed by atoms with Crippen molar-refractivity contribution in [2.45, 2.75) is 33.2 Å². The molecular formula is C13H15ClN2OS. The van der Waals surface area contributed by atoms with Gasteiger partial charge < -0.3 is 0 Å². The first kappa shape index (κ1) is 13.3. The molecule has 96 valence electrons. The molecular weight excluding hydrogens is 268 g/mol. The average Bonchev–Trinajstić information content (AvgIpc) is 2.99. The summed E-state index contributed by atoms with van der Waals surface area (Å²) in [5, 5.41) is 8.83. The third kappa shape index (κ3) is 2.49. The van der Waals surface area contributed by atoms with Gasteiger partial charge in [-0.15, -0.1) is 0 Å². The van der Waals surface area contributed by atoms with E-state index in [1.807, 2.05) is 35.4 Å². The van der Waals surface area contributed by atoms with Gasteiger partial charge in [-0.2, -0.15) is 16.4 Å². The Morgan fingerprint density at radius 3 is 2.83 bits per heavy atom. The largest absolute Gasteiger partial charge is 0.294 e. The molecule has 0 aliphatic heterocycles. The van der Waals surface area contributed by atoms with Gasteiger partial charge in [-0.3, -0.25) is 9.48 Å². The first-order valence-electron chi connectivity index (χ1n) is 5.96. The van der Waals surface area contributed by atoms with Gasteiger partial charge in [0.25, 0.3) is 0 Å². The van der Waals surface area contributed by atoms with Crippen LogP contribution in [0, 0.1) is 0 Å². The van der Waals surface area contributed by atoms with Crippen molar-refractivity contribution in [2.75, 3.05) is 0 Å². The predicted octanol–water partition coefficient (Wildman–Crippen LogP) is 3.61. The average molecular weight is 283 g/mol. The summed E-state index contributed by atoms with van der Waals surface area (Å²) in [4.78, 5) is 12.1. The maximum Gasteiger partial charge on any atom is 0.169 e. The minimum absolute atomic E-state index is 0.0930. The highest BCUT2D eigenvalue weighted by Crippen LogP contribution is 2.23. The number of carbonyl (C=O) groups is 1. The molecule has 3 nitrogen and oxygen atoms in total. The topological polar surface area (TPSA) is 34.9 Å². The molecule has 0 aliphatic carbocycles. The highest BCUT2D eigenvalue weighted by Gasteiger charge is 2.18. The second-order valence-electron chi connectivity index (χ2n) is 3.99. The molecule has 0 atom stereocenters. The van der Waals surface area contributed by atoms with E-state index in [9.17, 15) is 4.79 Å². The van der Waals surface area contributed by atoms with Crippen molar-refractivity contribution in [1.29, 1.82) is 0 Å². The standard InChI is InChI=1S/C13H15ClN2OS/c1-3-10-13(14)11(16(4-2)15-10)7-12(17)9-5-6-18-8-9/h5-6,8H,3-4,7H2,1-2H3. The predicted molar refractivity (Wildman–Crippen MR) is 74.6 cm³/mol. The van der Waals surface area contributed by atoms with E-state index in [4.69, 9.17) is 11.6 Å². The number of hydrogen-bond donors (Lipinski definition) is 0. The molecule has 0 unspecified atom stereocenters. The van der Waals surface area contributed by atoms with Crippen molar-refractivity contribution in [1.82, 2.24) is 9.78 Å². The summed E-state index contributed by atoms with van der Waals surface area (Å²) < 4.78 is 1.82. The van der Waals surface area contributed by atoms with Crippen LogP contribution in [-0.2, 0) is 19.4 Å². The molecule has 0 saturated heterocycles. The molecule has 0 fully saturated rings. The van der Waals surface area contributed by atoms with Gasteiger partial charge in [0.05, 0.1) is 22.8 Å². The van der Waals surface area contributed by atoms with Crippen molar-refractivity contribution in [3.8, 4) is 0 Å². The van der Waals surface area contributed by atoms with Crippen LogP contribution in [0.2, 0.25) is 5.02 Å². The Balaban J connectivity index is 2.28. The summed E-state index contributed by atoms with van der Waals surface area (Å²) in [6.45, 7) is 4.74. The van der Waals surface area contributed by atoms with E-state index in [1.54, 1.807) is 0 Å². The third-order valence-electron chi connectivity index (χ3n) is 2.87. The minimum atomic E-state index is 0.0930. The molecule has 0 saturated carbocycles. The van der Waals surface area contributed by atoms with Crippen LogP contribution < -0.4 is 0 Å². The summed E-state index contributed by atoms with van der Waals surface area (Å²) in [5.41, 5.74) is 2.44. The van der Waals surface area contributed by atoms with Crippen LogP contribution in [0.25, 0.3) is 0 Å². The van der Waals surface area contributed by atoms with Gasteiger partial charge in [0.15, 0.2) is 5.78 Å². The smallest absolute Gasteiger partial charge is 0.169 e. The van der Waals surface area contributed by atoms with Crippen LogP contribution in [-0.4, -0.2) is 15.6 Å². The molecule has 2 rings (SSSR count). The van der Waals surface area contributed by atoms with Crippen molar-refractivity contribution in [2.24, 2.45) is 0 Å². The minimum Gasteiger partial charge on any atom is -0.294 e. The Labute approximate surface area is 115 Å². The van der Waals surface area contributed by atoms with Crippen LogP contribution in [0.3, 0.4) is 0 Å². The van der Waals surface area contributed by atoms with E-state index in [-0.39, 0.29) is 5.78 Å². The number of hydrogen-bond acceptors (Lipinski definition) is 3. The van der Waals surface area contributed by atoms with E-state index in [1.165, 1.54) is 11.3 Å². The van der Waals surface area contributed by atoms with Crippen LogP contribution in [0.5, 0.6) is 0 Å². The van der Waals surface area contributed by atoms with Gasteiger partial charge in [0, 0.05) is 17.5 Å². The van der Waals surface area contributed by atoms with E-state index in [0.29, 0.717) is 11.4 Å². The Morgan fingerprint density at radius 1 is 1.50 bits per heavy atom. The number of carbonyl (C=O) groups excluding carboxylic acids is 1. The van der Waals surface area contributed by atoms with Gasteiger partial charge in [-0.05, 0) is 24.8 Å². The van der Waals surface area contributed by atoms with E-state index >= 15 is 0 Å².